The molecule has 0 amide bonds. The summed E-state index contributed by atoms with van der Waals surface area (Å²) in [7, 11) is 0. The van der Waals surface area contributed by atoms with Crippen LogP contribution in [0.2, 0.25) is 20.1 Å². The molecular formula is C16H6Cl4O2S2. The monoisotopic (exact) mass is 434 g/mol. The molecule has 2 atom stereocenters. The molecule has 8 heteroatoms. The number of ketones is 2. The summed E-state index contributed by atoms with van der Waals surface area (Å²) in [4.78, 5) is 26.9. The van der Waals surface area contributed by atoms with Crippen molar-refractivity contribution in [3.8, 4) is 0 Å². The Hall–Kier alpha value is -0.360. The first-order valence-electron chi connectivity index (χ1n) is 6.78. The Morgan fingerprint density at radius 3 is 1.29 bits per heavy atom. The van der Waals surface area contributed by atoms with Crippen LogP contribution in [-0.2, 0) is 0 Å². The molecule has 0 fully saturated rings. The first-order chi connectivity index (χ1) is 11.4. The van der Waals surface area contributed by atoms with Crippen molar-refractivity contribution in [2.75, 3.05) is 0 Å². The average Bonchev–Trinajstić information content (AvgIpc) is 3.07. The Balaban J connectivity index is 1.76. The molecule has 0 aliphatic carbocycles. The minimum absolute atomic E-state index is 0.187. The predicted octanol–water partition coefficient (Wildman–Crippen LogP) is 6.31. The molecule has 4 rings (SSSR count). The van der Waals surface area contributed by atoms with Crippen molar-refractivity contribution < 1.29 is 9.59 Å². The number of carbonyl (C=O) groups is 2. The highest BCUT2D eigenvalue weighted by molar-refractivity contribution is 8.05. The van der Waals surface area contributed by atoms with Gasteiger partial charge in [-0.25, -0.2) is 0 Å². The van der Waals surface area contributed by atoms with E-state index in [1.807, 2.05) is 0 Å². The van der Waals surface area contributed by atoms with Crippen molar-refractivity contribution in [3.05, 3.63) is 55.5 Å². The molecule has 2 aromatic rings. The molecule has 122 valence electrons. The summed E-state index contributed by atoms with van der Waals surface area (Å²) >= 11 is 27.2. The van der Waals surface area contributed by atoms with Crippen molar-refractivity contribution in [2.45, 2.75) is 20.3 Å². The van der Waals surface area contributed by atoms with E-state index in [1.54, 1.807) is 24.3 Å². The van der Waals surface area contributed by atoms with Crippen LogP contribution in [0.4, 0.5) is 0 Å². The van der Waals surface area contributed by atoms with Gasteiger partial charge in [-0.15, -0.1) is 23.5 Å². The van der Waals surface area contributed by atoms with Gasteiger partial charge in [-0.1, -0.05) is 46.4 Å². The summed E-state index contributed by atoms with van der Waals surface area (Å²) in [5.74, 6) is -0.373. The predicted molar refractivity (Wildman–Crippen MR) is 101 cm³/mol. The maximum absolute atomic E-state index is 12.8. The highest BCUT2D eigenvalue weighted by Crippen LogP contribution is 2.53. The molecule has 2 heterocycles. The first-order valence-corrected chi connectivity index (χ1v) is 10.0. The van der Waals surface area contributed by atoms with E-state index < -0.39 is 10.5 Å². The fourth-order valence-corrected chi connectivity index (χ4v) is 6.80. The molecule has 0 N–H and O–H groups in total. The zero-order valence-corrected chi connectivity index (χ0v) is 16.3. The zero-order chi connectivity index (χ0) is 17.2. The van der Waals surface area contributed by atoms with E-state index in [-0.39, 0.29) is 11.6 Å². The maximum atomic E-state index is 12.8. The smallest absolute Gasteiger partial charge is 0.180 e. The first kappa shape index (κ1) is 17.1. The summed E-state index contributed by atoms with van der Waals surface area (Å²) in [6.07, 6.45) is 0. The molecular weight excluding hydrogens is 430 g/mol. The number of Topliss-reactive ketones (excluding diaryl/α,β-unsaturated/α-hetero) is 2. The van der Waals surface area contributed by atoms with Crippen LogP contribution in [0, 0.1) is 0 Å². The number of halogens is 4. The van der Waals surface area contributed by atoms with E-state index >= 15 is 0 Å². The summed E-state index contributed by atoms with van der Waals surface area (Å²) in [5.41, 5.74) is 0.779. The number of hydrogen-bond acceptors (Lipinski definition) is 4. The maximum Gasteiger partial charge on any atom is 0.180 e. The molecule has 2 nitrogen and oxygen atoms in total. The number of rotatable bonds is 1. The van der Waals surface area contributed by atoms with E-state index in [4.69, 9.17) is 46.4 Å². The lowest BCUT2D eigenvalue weighted by Gasteiger charge is -2.13. The third kappa shape index (κ3) is 2.43. The fraction of sp³-hybridized carbons (Fsp3) is 0.125. The van der Waals surface area contributed by atoms with Crippen LogP contribution in [0.5, 0.6) is 0 Å². The Bertz CT molecular complexity index is 853. The van der Waals surface area contributed by atoms with Crippen molar-refractivity contribution in [1.29, 1.82) is 0 Å². The standard InChI is InChI=1S/C16H6Cl4O2S2/c17-5-1-3-7(19)13-9(5)11(21)15(23-13)16-12(22)10-6(18)2-4-8(20)14(10)24-16/h1-4,15-16H. The number of carbonyl (C=O) groups excluding carboxylic acids is 2. The van der Waals surface area contributed by atoms with Crippen molar-refractivity contribution in [3.63, 3.8) is 0 Å². The van der Waals surface area contributed by atoms with Crippen LogP contribution >= 0.6 is 69.9 Å². The second-order valence-corrected chi connectivity index (χ2v) is 9.20. The van der Waals surface area contributed by atoms with Gasteiger partial charge in [0.2, 0.25) is 0 Å². The van der Waals surface area contributed by atoms with Crippen LogP contribution in [0.15, 0.2) is 34.1 Å². The number of hydrogen-bond donors (Lipinski definition) is 0. The SMILES string of the molecule is O=C1c2c(Cl)ccc(Cl)c2SC1C1Sc2c(Cl)ccc(Cl)c2C1=O. The van der Waals surface area contributed by atoms with Crippen LogP contribution in [0.3, 0.4) is 0 Å². The van der Waals surface area contributed by atoms with E-state index in [0.29, 0.717) is 41.0 Å². The van der Waals surface area contributed by atoms with Gasteiger partial charge in [0.1, 0.15) is 0 Å². The van der Waals surface area contributed by atoms with Crippen LogP contribution < -0.4 is 0 Å². The van der Waals surface area contributed by atoms with Crippen molar-refractivity contribution in [1.82, 2.24) is 0 Å². The highest BCUT2D eigenvalue weighted by Gasteiger charge is 2.47. The summed E-state index contributed by atoms with van der Waals surface area (Å²) in [5, 5.41) is 0.402. The minimum atomic E-state index is -0.602. The molecule has 24 heavy (non-hydrogen) atoms. The van der Waals surface area contributed by atoms with Gasteiger partial charge >= 0.3 is 0 Å². The molecule has 2 aliphatic heterocycles. The second kappa shape index (κ2) is 6.11. The lowest BCUT2D eigenvalue weighted by Crippen LogP contribution is -2.30. The molecule has 2 unspecified atom stereocenters. The average molecular weight is 436 g/mol. The van der Waals surface area contributed by atoms with E-state index in [1.165, 1.54) is 23.5 Å². The quantitative estimate of drug-likeness (QED) is 0.525. The topological polar surface area (TPSA) is 34.1 Å². The molecule has 0 saturated carbocycles. The molecule has 0 saturated heterocycles. The van der Waals surface area contributed by atoms with Gasteiger partial charge in [-0.3, -0.25) is 9.59 Å². The lowest BCUT2D eigenvalue weighted by molar-refractivity contribution is 0.0934. The van der Waals surface area contributed by atoms with E-state index in [2.05, 4.69) is 0 Å². The van der Waals surface area contributed by atoms with Gasteiger partial charge in [-0.2, -0.15) is 0 Å². The van der Waals surface area contributed by atoms with Crippen molar-refractivity contribution in [2.24, 2.45) is 0 Å². The highest BCUT2D eigenvalue weighted by atomic mass is 35.5. The normalized spacial score (nSPS) is 22.0. The summed E-state index contributed by atoms with van der Waals surface area (Å²) in [6.45, 7) is 0. The van der Waals surface area contributed by atoms with Gasteiger partial charge in [0.05, 0.1) is 41.7 Å². The van der Waals surface area contributed by atoms with Crippen LogP contribution in [0.1, 0.15) is 20.7 Å². The van der Waals surface area contributed by atoms with Gasteiger partial charge in [0.15, 0.2) is 11.6 Å². The zero-order valence-electron chi connectivity index (χ0n) is 11.6. The van der Waals surface area contributed by atoms with Crippen molar-refractivity contribution >= 4 is 81.5 Å². The Morgan fingerprint density at radius 1 is 0.625 bits per heavy atom. The largest absolute Gasteiger partial charge is 0.293 e. The van der Waals surface area contributed by atoms with Crippen LogP contribution in [-0.4, -0.2) is 22.1 Å². The Labute approximate surface area is 166 Å². The number of thioether (sulfide) groups is 2. The Kier molecular flexibility index (Phi) is 4.35. The molecule has 2 aliphatic rings. The molecule has 2 aromatic carbocycles. The number of fused-ring (bicyclic) bond motifs is 2. The van der Waals surface area contributed by atoms with Crippen LogP contribution in [0.25, 0.3) is 0 Å². The third-order valence-corrected chi connectivity index (χ3v) is 8.35. The summed E-state index contributed by atoms with van der Waals surface area (Å²) in [6, 6.07) is 6.49. The molecule has 0 aromatic heterocycles. The minimum Gasteiger partial charge on any atom is -0.293 e. The fourth-order valence-electron chi connectivity index (χ4n) is 2.80. The van der Waals surface area contributed by atoms with E-state index in [0.717, 1.165) is 0 Å². The summed E-state index contributed by atoms with van der Waals surface area (Å²) < 4.78 is 0. The molecule has 0 bridgehead atoms. The third-order valence-electron chi connectivity index (χ3n) is 3.89. The molecule has 0 radical (unpaired) electrons. The van der Waals surface area contributed by atoms with E-state index in [9.17, 15) is 9.59 Å². The number of benzene rings is 2. The van der Waals surface area contributed by atoms with Gasteiger partial charge in [-0.05, 0) is 24.3 Å². The second-order valence-electron chi connectivity index (χ2n) is 5.27. The Morgan fingerprint density at radius 2 is 0.958 bits per heavy atom. The molecule has 0 spiro atoms. The van der Waals surface area contributed by atoms with Gasteiger partial charge < -0.3 is 0 Å². The lowest BCUT2D eigenvalue weighted by atomic mass is 10.0. The van der Waals surface area contributed by atoms with Gasteiger partial charge in [0.25, 0.3) is 0 Å². The van der Waals surface area contributed by atoms with Gasteiger partial charge in [0, 0.05) is 9.79 Å².